The van der Waals surface area contributed by atoms with Crippen molar-refractivity contribution in [1.82, 2.24) is 4.90 Å². The summed E-state index contributed by atoms with van der Waals surface area (Å²) >= 11 is 5.79. The quantitative estimate of drug-likeness (QED) is 0.241. The third kappa shape index (κ3) is 6.80. The van der Waals surface area contributed by atoms with E-state index in [-0.39, 0.29) is 30.0 Å². The van der Waals surface area contributed by atoms with Gasteiger partial charge in [-0.05, 0) is 91.8 Å². The Morgan fingerprint density at radius 2 is 1.60 bits per heavy atom. The molecule has 0 spiro atoms. The van der Waals surface area contributed by atoms with Crippen molar-refractivity contribution in [3.8, 4) is 17.2 Å². The summed E-state index contributed by atoms with van der Waals surface area (Å²) < 4.78 is 21.0. The predicted molar refractivity (Wildman–Crippen MR) is 162 cm³/mol. The Hall–Kier alpha value is -4.64. The van der Waals surface area contributed by atoms with Crippen molar-refractivity contribution in [2.75, 3.05) is 44.7 Å². The molecule has 3 aromatic carbocycles. The topological polar surface area (TPSA) is 107 Å². The Bertz CT molecular complexity index is 1440. The number of carbonyl (C=O) groups is 3. The molecule has 1 saturated heterocycles. The van der Waals surface area contributed by atoms with Crippen molar-refractivity contribution < 1.29 is 33.3 Å². The number of carbonyl (C=O) groups excluding carboxylic acids is 3. The molecule has 0 aliphatic carbocycles. The lowest BCUT2D eigenvalue weighted by Gasteiger charge is -2.24. The molecule has 1 unspecified atom stereocenters. The van der Waals surface area contributed by atoms with E-state index in [0.29, 0.717) is 47.2 Å². The molecule has 1 heterocycles. The molecule has 1 aliphatic rings. The first-order valence-electron chi connectivity index (χ1n) is 13.4. The lowest BCUT2D eigenvalue weighted by molar-refractivity contribution is -0.124. The van der Waals surface area contributed by atoms with Gasteiger partial charge in [0.1, 0.15) is 11.8 Å². The van der Waals surface area contributed by atoms with Gasteiger partial charge in [-0.2, -0.15) is 0 Å². The lowest BCUT2D eigenvalue weighted by Crippen LogP contribution is -2.39. The molecule has 1 N–H and O–H groups in total. The van der Waals surface area contributed by atoms with Crippen LogP contribution in [0, 0.1) is 0 Å². The molecule has 0 bridgehead atoms. The van der Waals surface area contributed by atoms with E-state index in [1.54, 1.807) is 81.7 Å². The minimum absolute atomic E-state index is 0.117. The van der Waals surface area contributed by atoms with Crippen molar-refractivity contribution in [3.05, 3.63) is 77.9 Å². The fraction of sp³-hybridized carbons (Fsp3) is 0.290. The standard InChI is InChI=1S/C31H33N3O7S/c1-5-41-30(37)21-7-11-23(12-8-21)34-29(36)25(19-28(35)32-22-9-13-24(38-2)14-10-22)33(31(34)42)17-16-20-6-15-26(39-3)27(18-20)40-4/h6-15,18,25H,5,16-17,19H2,1-4H3,(H,32,35). The minimum Gasteiger partial charge on any atom is -0.497 e. The van der Waals surface area contributed by atoms with Crippen LogP contribution in [0.1, 0.15) is 29.3 Å². The highest BCUT2D eigenvalue weighted by molar-refractivity contribution is 7.80. The van der Waals surface area contributed by atoms with E-state index < -0.39 is 12.0 Å². The third-order valence-corrected chi connectivity index (χ3v) is 7.21. The predicted octanol–water partition coefficient (Wildman–Crippen LogP) is 4.46. The summed E-state index contributed by atoms with van der Waals surface area (Å²) in [5.41, 5.74) is 2.38. The van der Waals surface area contributed by atoms with E-state index in [9.17, 15) is 14.4 Å². The average Bonchev–Trinajstić information content (AvgIpc) is 3.23. The number of esters is 1. The molecule has 3 aromatic rings. The molecule has 220 valence electrons. The minimum atomic E-state index is -0.833. The van der Waals surface area contributed by atoms with E-state index in [0.717, 1.165) is 5.56 Å². The fourth-order valence-electron chi connectivity index (χ4n) is 4.63. The van der Waals surface area contributed by atoms with E-state index in [1.165, 1.54) is 4.90 Å². The van der Waals surface area contributed by atoms with Gasteiger partial charge in [0.05, 0.1) is 45.6 Å². The third-order valence-electron chi connectivity index (χ3n) is 6.80. The zero-order valence-corrected chi connectivity index (χ0v) is 24.7. The molecular weight excluding hydrogens is 558 g/mol. The molecule has 1 atom stereocenters. The molecule has 42 heavy (non-hydrogen) atoms. The Labute approximate surface area is 250 Å². The molecule has 0 radical (unpaired) electrons. The Kier molecular flexibility index (Phi) is 9.98. The van der Waals surface area contributed by atoms with Crippen LogP contribution in [0.5, 0.6) is 17.2 Å². The van der Waals surface area contributed by atoms with Crippen LogP contribution < -0.4 is 24.4 Å². The normalized spacial score (nSPS) is 14.5. The maximum Gasteiger partial charge on any atom is 0.338 e. The van der Waals surface area contributed by atoms with Crippen LogP contribution in [0.25, 0.3) is 0 Å². The van der Waals surface area contributed by atoms with Crippen molar-refractivity contribution >= 4 is 46.5 Å². The van der Waals surface area contributed by atoms with Gasteiger partial charge < -0.3 is 29.2 Å². The molecular formula is C31H33N3O7S. The number of nitrogens with zero attached hydrogens (tertiary/aromatic N) is 2. The summed E-state index contributed by atoms with van der Waals surface area (Å²) in [5.74, 6) is 0.741. The lowest BCUT2D eigenvalue weighted by atomic mass is 10.1. The van der Waals surface area contributed by atoms with Gasteiger partial charge in [-0.15, -0.1) is 0 Å². The summed E-state index contributed by atoms with van der Waals surface area (Å²) in [5, 5.41) is 3.12. The summed E-state index contributed by atoms with van der Waals surface area (Å²) in [4.78, 5) is 42.2. The maximum absolute atomic E-state index is 13.8. The second-order valence-electron chi connectivity index (χ2n) is 9.35. The molecule has 2 amide bonds. The number of thiocarbonyl (C=S) groups is 1. The summed E-state index contributed by atoms with van der Waals surface area (Å²) in [7, 11) is 4.70. The molecule has 0 aromatic heterocycles. The van der Waals surface area contributed by atoms with Crippen LogP contribution in [-0.4, -0.2) is 68.3 Å². The van der Waals surface area contributed by atoms with Gasteiger partial charge >= 0.3 is 5.97 Å². The van der Waals surface area contributed by atoms with Crippen LogP contribution in [0.3, 0.4) is 0 Å². The van der Waals surface area contributed by atoms with Crippen LogP contribution in [-0.2, 0) is 20.7 Å². The van der Waals surface area contributed by atoms with Crippen molar-refractivity contribution in [1.29, 1.82) is 0 Å². The van der Waals surface area contributed by atoms with Crippen molar-refractivity contribution in [3.63, 3.8) is 0 Å². The van der Waals surface area contributed by atoms with Gasteiger partial charge in [0.15, 0.2) is 16.6 Å². The number of nitrogens with one attached hydrogen (secondary N) is 1. The monoisotopic (exact) mass is 591 g/mol. The zero-order chi connectivity index (χ0) is 30.2. The Morgan fingerprint density at radius 3 is 2.21 bits per heavy atom. The number of methoxy groups -OCH3 is 3. The van der Waals surface area contributed by atoms with E-state index in [2.05, 4.69) is 5.32 Å². The number of amides is 2. The van der Waals surface area contributed by atoms with Crippen molar-refractivity contribution in [2.45, 2.75) is 25.8 Å². The van der Waals surface area contributed by atoms with Crippen molar-refractivity contribution in [2.24, 2.45) is 0 Å². The van der Waals surface area contributed by atoms with Gasteiger partial charge in [-0.3, -0.25) is 14.5 Å². The second kappa shape index (κ2) is 13.8. The highest BCUT2D eigenvalue weighted by atomic mass is 32.1. The first-order chi connectivity index (χ1) is 20.3. The van der Waals surface area contributed by atoms with Crippen LogP contribution in [0.2, 0.25) is 0 Å². The Balaban J connectivity index is 1.57. The Morgan fingerprint density at radius 1 is 0.905 bits per heavy atom. The van der Waals surface area contributed by atoms with Crippen LogP contribution >= 0.6 is 12.2 Å². The first kappa shape index (κ1) is 30.3. The first-order valence-corrected chi connectivity index (χ1v) is 13.8. The maximum atomic E-state index is 13.8. The molecule has 1 fully saturated rings. The molecule has 11 heteroatoms. The van der Waals surface area contributed by atoms with Gasteiger partial charge in [-0.25, -0.2) is 4.79 Å². The molecule has 10 nitrogen and oxygen atoms in total. The highest BCUT2D eigenvalue weighted by Gasteiger charge is 2.44. The van der Waals surface area contributed by atoms with Gasteiger partial charge in [0.2, 0.25) is 5.91 Å². The number of rotatable bonds is 12. The van der Waals surface area contributed by atoms with E-state index in [1.807, 2.05) is 18.2 Å². The zero-order valence-electron chi connectivity index (χ0n) is 23.9. The number of hydrogen-bond acceptors (Lipinski definition) is 8. The van der Waals surface area contributed by atoms with Gasteiger partial charge in [0.25, 0.3) is 5.91 Å². The molecule has 0 saturated carbocycles. The average molecular weight is 592 g/mol. The summed E-state index contributed by atoms with van der Waals surface area (Å²) in [6.45, 7) is 2.36. The van der Waals surface area contributed by atoms with Gasteiger partial charge in [0, 0.05) is 12.2 Å². The second-order valence-corrected chi connectivity index (χ2v) is 9.72. The number of hydrogen-bond donors (Lipinski definition) is 1. The number of benzene rings is 3. The number of anilines is 2. The fourth-order valence-corrected chi connectivity index (χ4v) is 5.05. The van der Waals surface area contributed by atoms with Crippen LogP contribution in [0.4, 0.5) is 11.4 Å². The summed E-state index contributed by atoms with van der Waals surface area (Å²) in [6.07, 6.45) is 0.411. The van der Waals surface area contributed by atoms with E-state index >= 15 is 0 Å². The molecule has 1 aliphatic heterocycles. The smallest absolute Gasteiger partial charge is 0.338 e. The highest BCUT2D eigenvalue weighted by Crippen LogP contribution is 2.30. The van der Waals surface area contributed by atoms with Crippen LogP contribution in [0.15, 0.2) is 66.7 Å². The van der Waals surface area contributed by atoms with E-state index in [4.69, 9.17) is 31.2 Å². The molecule has 4 rings (SSSR count). The largest absolute Gasteiger partial charge is 0.497 e. The SMILES string of the molecule is CCOC(=O)c1ccc(N2C(=O)C(CC(=O)Nc3ccc(OC)cc3)N(CCc3ccc(OC)c(OC)c3)C2=S)cc1. The van der Waals surface area contributed by atoms with Gasteiger partial charge in [-0.1, -0.05) is 6.07 Å². The summed E-state index contributed by atoms with van der Waals surface area (Å²) in [6, 6.07) is 18.2. The number of ether oxygens (including phenoxy) is 4.